The second-order valence-electron chi connectivity index (χ2n) is 6.18. The predicted octanol–water partition coefficient (Wildman–Crippen LogP) is 2.71. The SMILES string of the molecule is CCC1CCC(O)(CNc2nnc(C)c(C)c2C#N)CC1. The average Bonchev–Trinajstić information content (AvgIpc) is 2.49. The minimum Gasteiger partial charge on any atom is -0.388 e. The molecule has 2 N–H and O–H groups in total. The molecule has 2 rings (SSSR count). The molecule has 1 aliphatic carbocycles. The summed E-state index contributed by atoms with van der Waals surface area (Å²) in [7, 11) is 0. The highest BCUT2D eigenvalue weighted by Crippen LogP contribution is 2.34. The molecule has 0 bridgehead atoms. The molecule has 1 aromatic heterocycles. The van der Waals surface area contributed by atoms with Gasteiger partial charge in [0.25, 0.3) is 0 Å². The highest BCUT2D eigenvalue weighted by Gasteiger charge is 2.32. The molecule has 1 heterocycles. The molecule has 0 atom stereocenters. The van der Waals surface area contributed by atoms with Crippen molar-refractivity contribution in [2.24, 2.45) is 5.92 Å². The molecule has 1 saturated carbocycles. The molecule has 21 heavy (non-hydrogen) atoms. The number of aliphatic hydroxyl groups is 1. The van der Waals surface area contributed by atoms with Gasteiger partial charge in [0.2, 0.25) is 0 Å². The molecule has 1 fully saturated rings. The van der Waals surface area contributed by atoms with E-state index in [1.807, 2.05) is 13.8 Å². The summed E-state index contributed by atoms with van der Waals surface area (Å²) in [5, 5.41) is 31.2. The maximum Gasteiger partial charge on any atom is 0.167 e. The molecule has 5 nitrogen and oxygen atoms in total. The lowest BCUT2D eigenvalue weighted by Crippen LogP contribution is -2.40. The third kappa shape index (κ3) is 3.51. The number of aromatic nitrogens is 2. The molecule has 0 unspecified atom stereocenters. The van der Waals surface area contributed by atoms with Crippen LogP contribution < -0.4 is 5.32 Å². The standard InChI is InChI=1S/C16H24N4O/c1-4-13-5-7-16(21,8-6-13)10-18-15-14(9-17)11(2)12(3)19-20-15/h13,21H,4-8,10H2,1-3H3,(H,18,20). The number of rotatable bonds is 4. The molecular weight excluding hydrogens is 264 g/mol. The lowest BCUT2D eigenvalue weighted by atomic mass is 9.78. The van der Waals surface area contributed by atoms with E-state index >= 15 is 0 Å². The van der Waals surface area contributed by atoms with Crippen LogP contribution in [0.4, 0.5) is 5.82 Å². The van der Waals surface area contributed by atoms with Crippen molar-refractivity contribution in [3.05, 3.63) is 16.8 Å². The van der Waals surface area contributed by atoms with E-state index in [2.05, 4.69) is 28.5 Å². The predicted molar refractivity (Wildman–Crippen MR) is 81.9 cm³/mol. The second-order valence-corrected chi connectivity index (χ2v) is 6.18. The number of nitriles is 1. The van der Waals surface area contributed by atoms with Gasteiger partial charge in [-0.3, -0.25) is 0 Å². The smallest absolute Gasteiger partial charge is 0.167 e. The Morgan fingerprint density at radius 1 is 1.33 bits per heavy atom. The van der Waals surface area contributed by atoms with E-state index in [-0.39, 0.29) is 0 Å². The first-order valence-electron chi connectivity index (χ1n) is 7.69. The Morgan fingerprint density at radius 2 is 2.00 bits per heavy atom. The highest BCUT2D eigenvalue weighted by molar-refractivity contribution is 5.55. The molecule has 0 amide bonds. The first-order valence-corrected chi connectivity index (χ1v) is 7.69. The Labute approximate surface area is 126 Å². The monoisotopic (exact) mass is 288 g/mol. The topological polar surface area (TPSA) is 81.8 Å². The fourth-order valence-corrected chi connectivity index (χ4v) is 2.92. The van der Waals surface area contributed by atoms with Crippen molar-refractivity contribution in [2.45, 2.75) is 58.5 Å². The van der Waals surface area contributed by atoms with Gasteiger partial charge in [0.05, 0.1) is 11.3 Å². The summed E-state index contributed by atoms with van der Waals surface area (Å²) >= 11 is 0. The van der Waals surface area contributed by atoms with Gasteiger partial charge in [0.15, 0.2) is 5.82 Å². The van der Waals surface area contributed by atoms with Gasteiger partial charge in [-0.2, -0.15) is 10.4 Å². The summed E-state index contributed by atoms with van der Waals surface area (Å²) in [5.74, 6) is 1.22. The third-order valence-electron chi connectivity index (χ3n) is 4.76. The summed E-state index contributed by atoms with van der Waals surface area (Å²) < 4.78 is 0. The maximum absolute atomic E-state index is 10.6. The van der Waals surface area contributed by atoms with Gasteiger partial charge in [-0.25, -0.2) is 0 Å². The first-order chi connectivity index (χ1) is 9.99. The number of aryl methyl sites for hydroxylation is 1. The minimum absolute atomic E-state index is 0.426. The largest absolute Gasteiger partial charge is 0.388 e. The highest BCUT2D eigenvalue weighted by atomic mass is 16.3. The Hall–Kier alpha value is -1.67. The van der Waals surface area contributed by atoms with Gasteiger partial charge >= 0.3 is 0 Å². The van der Waals surface area contributed by atoms with Crippen LogP contribution in [0.5, 0.6) is 0 Å². The quantitative estimate of drug-likeness (QED) is 0.890. The van der Waals surface area contributed by atoms with E-state index in [0.29, 0.717) is 17.9 Å². The molecule has 0 aliphatic heterocycles. The summed E-state index contributed by atoms with van der Waals surface area (Å²) in [6.45, 7) is 6.34. The molecular formula is C16H24N4O. The maximum atomic E-state index is 10.6. The summed E-state index contributed by atoms with van der Waals surface area (Å²) in [6.07, 6.45) is 4.93. The molecule has 0 spiro atoms. The number of hydrogen-bond donors (Lipinski definition) is 2. The van der Waals surface area contributed by atoms with Crippen LogP contribution in [0.15, 0.2) is 0 Å². The van der Waals surface area contributed by atoms with E-state index in [4.69, 9.17) is 0 Å². The lowest BCUT2D eigenvalue weighted by molar-refractivity contribution is 0.00221. The summed E-state index contributed by atoms with van der Waals surface area (Å²) in [4.78, 5) is 0. The molecule has 5 heteroatoms. The number of anilines is 1. The van der Waals surface area contributed by atoms with Crippen molar-refractivity contribution >= 4 is 5.82 Å². The fourth-order valence-electron chi connectivity index (χ4n) is 2.92. The second kappa shape index (κ2) is 6.40. The molecule has 114 valence electrons. The summed E-state index contributed by atoms with van der Waals surface area (Å²) in [6, 6.07) is 2.17. The van der Waals surface area contributed by atoms with Crippen molar-refractivity contribution < 1.29 is 5.11 Å². The van der Waals surface area contributed by atoms with Gasteiger partial charge in [0.1, 0.15) is 11.6 Å². The van der Waals surface area contributed by atoms with Gasteiger partial charge in [-0.15, -0.1) is 5.10 Å². The molecule has 1 aromatic rings. The zero-order valence-corrected chi connectivity index (χ0v) is 13.1. The average molecular weight is 288 g/mol. The van der Waals surface area contributed by atoms with E-state index < -0.39 is 5.60 Å². The van der Waals surface area contributed by atoms with Crippen molar-refractivity contribution in [3.8, 4) is 6.07 Å². The van der Waals surface area contributed by atoms with Crippen LogP contribution in [0.3, 0.4) is 0 Å². The Balaban J connectivity index is 2.04. The normalized spacial score (nSPS) is 25.4. The van der Waals surface area contributed by atoms with Crippen molar-refractivity contribution in [2.75, 3.05) is 11.9 Å². The fraction of sp³-hybridized carbons (Fsp3) is 0.688. The van der Waals surface area contributed by atoms with E-state index in [0.717, 1.165) is 42.9 Å². The molecule has 0 saturated heterocycles. The van der Waals surface area contributed by atoms with Gasteiger partial charge < -0.3 is 10.4 Å². The third-order valence-corrected chi connectivity index (χ3v) is 4.76. The Bertz CT molecular complexity index is 542. The van der Waals surface area contributed by atoms with Crippen LogP contribution in [0.1, 0.15) is 55.8 Å². The van der Waals surface area contributed by atoms with Crippen LogP contribution in [0, 0.1) is 31.1 Å². The van der Waals surface area contributed by atoms with E-state index in [1.54, 1.807) is 0 Å². The Morgan fingerprint density at radius 3 is 2.57 bits per heavy atom. The van der Waals surface area contributed by atoms with Gasteiger partial charge in [-0.1, -0.05) is 13.3 Å². The van der Waals surface area contributed by atoms with Crippen LogP contribution in [-0.2, 0) is 0 Å². The van der Waals surface area contributed by atoms with Crippen molar-refractivity contribution in [1.82, 2.24) is 10.2 Å². The molecule has 1 aliphatic rings. The van der Waals surface area contributed by atoms with Crippen LogP contribution >= 0.6 is 0 Å². The van der Waals surface area contributed by atoms with E-state index in [1.165, 1.54) is 6.42 Å². The molecule has 0 radical (unpaired) electrons. The van der Waals surface area contributed by atoms with Gasteiger partial charge in [-0.05, 0) is 51.0 Å². The lowest BCUT2D eigenvalue weighted by Gasteiger charge is -2.36. The Kier molecular flexibility index (Phi) is 4.79. The zero-order valence-electron chi connectivity index (χ0n) is 13.1. The minimum atomic E-state index is -0.696. The van der Waals surface area contributed by atoms with Crippen molar-refractivity contribution in [1.29, 1.82) is 5.26 Å². The van der Waals surface area contributed by atoms with Gasteiger partial charge in [0, 0.05) is 6.54 Å². The first kappa shape index (κ1) is 15.7. The summed E-state index contributed by atoms with van der Waals surface area (Å²) in [5.41, 5.74) is 1.43. The van der Waals surface area contributed by atoms with Crippen LogP contribution in [-0.4, -0.2) is 27.4 Å². The number of nitrogens with one attached hydrogen (secondary N) is 1. The van der Waals surface area contributed by atoms with E-state index in [9.17, 15) is 10.4 Å². The number of nitrogens with zero attached hydrogens (tertiary/aromatic N) is 3. The zero-order chi connectivity index (χ0) is 15.5. The number of hydrogen-bond acceptors (Lipinski definition) is 5. The van der Waals surface area contributed by atoms with Crippen LogP contribution in [0.25, 0.3) is 0 Å². The van der Waals surface area contributed by atoms with Crippen LogP contribution in [0.2, 0.25) is 0 Å². The molecule has 0 aromatic carbocycles. The van der Waals surface area contributed by atoms with Crippen molar-refractivity contribution in [3.63, 3.8) is 0 Å².